The molecule has 114 valence electrons. The number of halogens is 1. The maximum Gasteiger partial charge on any atom is 0.256 e. The predicted octanol–water partition coefficient (Wildman–Crippen LogP) is 1.20. The van der Waals surface area contributed by atoms with Crippen LogP contribution < -0.4 is 10.6 Å². The van der Waals surface area contributed by atoms with Crippen molar-refractivity contribution >= 4 is 23.4 Å². The molecule has 2 amide bonds. The van der Waals surface area contributed by atoms with Crippen LogP contribution in [0.5, 0.6) is 0 Å². The van der Waals surface area contributed by atoms with Crippen LogP contribution in [-0.2, 0) is 4.79 Å². The van der Waals surface area contributed by atoms with E-state index in [0.717, 1.165) is 5.56 Å². The van der Waals surface area contributed by atoms with Gasteiger partial charge in [-0.25, -0.2) is 0 Å². The van der Waals surface area contributed by atoms with Crippen LogP contribution in [0, 0.1) is 6.92 Å². The van der Waals surface area contributed by atoms with Crippen molar-refractivity contribution in [1.29, 1.82) is 0 Å². The number of amides is 2. The quantitative estimate of drug-likeness (QED) is 0.882. The summed E-state index contributed by atoms with van der Waals surface area (Å²) in [6.07, 6.45) is 0. The van der Waals surface area contributed by atoms with Crippen LogP contribution in [0.1, 0.15) is 22.8 Å². The number of benzene rings is 1. The Kier molecular flexibility index (Phi) is 5.20. The fraction of sp³-hybridized carbons (Fsp3) is 0.467. The highest BCUT2D eigenvalue weighted by atomic mass is 35.5. The number of likely N-dealkylation sites (N-methyl/N-ethyl adjacent to an activating group) is 1. The summed E-state index contributed by atoms with van der Waals surface area (Å²) in [6.45, 7) is 5.94. The van der Waals surface area contributed by atoms with Crippen molar-refractivity contribution in [3.8, 4) is 0 Å². The molecule has 5 nitrogen and oxygen atoms in total. The molecule has 0 radical (unpaired) electrons. The minimum atomic E-state index is -0.497. The smallest absolute Gasteiger partial charge is 0.256 e. The third kappa shape index (κ3) is 3.54. The number of carbonyl (C=O) groups excluding carboxylic acids is 2. The first-order chi connectivity index (χ1) is 10.0. The van der Waals surface area contributed by atoms with E-state index in [1.54, 1.807) is 17.0 Å². The van der Waals surface area contributed by atoms with Crippen molar-refractivity contribution in [1.82, 2.24) is 15.5 Å². The minimum absolute atomic E-state index is 0.138. The second-order valence-electron chi connectivity index (χ2n) is 5.10. The van der Waals surface area contributed by atoms with Gasteiger partial charge in [0.15, 0.2) is 0 Å². The Bertz CT molecular complexity index is 548. The van der Waals surface area contributed by atoms with E-state index >= 15 is 0 Å². The number of rotatable bonds is 3. The summed E-state index contributed by atoms with van der Waals surface area (Å²) in [4.78, 5) is 26.4. The molecular formula is C15H20ClN3O2. The van der Waals surface area contributed by atoms with E-state index in [-0.39, 0.29) is 11.8 Å². The van der Waals surface area contributed by atoms with E-state index in [2.05, 4.69) is 10.6 Å². The summed E-state index contributed by atoms with van der Waals surface area (Å²) in [7, 11) is 0. The highest BCUT2D eigenvalue weighted by Gasteiger charge is 2.32. The SMILES string of the molecule is CCNC(=O)C1CNCCN1C(=O)c1ccc(C)cc1Cl. The highest BCUT2D eigenvalue weighted by molar-refractivity contribution is 6.34. The number of aryl methyl sites for hydroxylation is 1. The lowest BCUT2D eigenvalue weighted by atomic mass is 10.1. The van der Waals surface area contributed by atoms with E-state index in [9.17, 15) is 9.59 Å². The fourth-order valence-electron chi connectivity index (χ4n) is 2.42. The van der Waals surface area contributed by atoms with Crippen molar-refractivity contribution < 1.29 is 9.59 Å². The fourth-order valence-corrected chi connectivity index (χ4v) is 2.74. The van der Waals surface area contributed by atoms with Crippen LogP contribution in [-0.4, -0.2) is 48.9 Å². The second kappa shape index (κ2) is 6.91. The minimum Gasteiger partial charge on any atom is -0.355 e. The average molecular weight is 310 g/mol. The molecule has 2 N–H and O–H groups in total. The third-order valence-corrected chi connectivity index (χ3v) is 3.83. The lowest BCUT2D eigenvalue weighted by Gasteiger charge is -2.35. The highest BCUT2D eigenvalue weighted by Crippen LogP contribution is 2.21. The van der Waals surface area contributed by atoms with Crippen molar-refractivity contribution in [3.63, 3.8) is 0 Å². The zero-order valence-corrected chi connectivity index (χ0v) is 13.0. The maximum atomic E-state index is 12.7. The van der Waals surface area contributed by atoms with Gasteiger partial charge in [0.1, 0.15) is 6.04 Å². The second-order valence-corrected chi connectivity index (χ2v) is 5.50. The molecule has 21 heavy (non-hydrogen) atoms. The normalized spacial score (nSPS) is 18.4. The van der Waals surface area contributed by atoms with Gasteiger partial charge >= 0.3 is 0 Å². The van der Waals surface area contributed by atoms with Gasteiger partial charge in [0.25, 0.3) is 5.91 Å². The lowest BCUT2D eigenvalue weighted by Crippen LogP contribution is -2.59. The topological polar surface area (TPSA) is 61.4 Å². The molecule has 6 heteroatoms. The molecule has 0 aromatic heterocycles. The maximum absolute atomic E-state index is 12.7. The Labute approximate surface area is 129 Å². The molecule has 0 spiro atoms. The Morgan fingerprint density at radius 2 is 2.24 bits per heavy atom. The summed E-state index contributed by atoms with van der Waals surface area (Å²) in [5, 5.41) is 6.34. The van der Waals surface area contributed by atoms with Gasteiger partial charge in [-0.15, -0.1) is 0 Å². The molecule has 0 bridgehead atoms. The van der Waals surface area contributed by atoms with Crippen molar-refractivity contribution in [2.24, 2.45) is 0 Å². The molecule has 1 aliphatic rings. The van der Waals surface area contributed by atoms with Crippen LogP contribution in [0.4, 0.5) is 0 Å². The number of hydrogen-bond acceptors (Lipinski definition) is 3. The molecule has 1 fully saturated rings. The van der Waals surface area contributed by atoms with Gasteiger partial charge in [-0.05, 0) is 31.5 Å². The molecule has 1 aromatic rings. The predicted molar refractivity (Wildman–Crippen MR) is 82.6 cm³/mol. The number of nitrogens with one attached hydrogen (secondary N) is 2. The molecule has 1 saturated heterocycles. The number of hydrogen-bond donors (Lipinski definition) is 2. The molecule has 0 saturated carbocycles. The van der Waals surface area contributed by atoms with E-state index in [4.69, 9.17) is 11.6 Å². The Morgan fingerprint density at radius 3 is 2.90 bits per heavy atom. The summed E-state index contributed by atoms with van der Waals surface area (Å²) in [6, 6.07) is 4.83. The van der Waals surface area contributed by atoms with Crippen LogP contribution in [0.3, 0.4) is 0 Å². The zero-order chi connectivity index (χ0) is 15.4. The van der Waals surface area contributed by atoms with Crippen molar-refractivity contribution in [2.75, 3.05) is 26.2 Å². The van der Waals surface area contributed by atoms with Crippen LogP contribution in [0.25, 0.3) is 0 Å². The molecule has 1 atom stereocenters. The van der Waals surface area contributed by atoms with Gasteiger partial charge in [-0.1, -0.05) is 17.7 Å². The van der Waals surface area contributed by atoms with Crippen LogP contribution >= 0.6 is 11.6 Å². The van der Waals surface area contributed by atoms with Gasteiger partial charge in [0.05, 0.1) is 10.6 Å². The lowest BCUT2D eigenvalue weighted by molar-refractivity contribution is -0.126. The first kappa shape index (κ1) is 15.8. The van der Waals surface area contributed by atoms with E-state index in [0.29, 0.717) is 36.8 Å². The summed E-state index contributed by atoms with van der Waals surface area (Å²) < 4.78 is 0. The van der Waals surface area contributed by atoms with E-state index in [1.165, 1.54) is 0 Å². The molecule has 1 aromatic carbocycles. The Hall–Kier alpha value is -1.59. The van der Waals surface area contributed by atoms with Gasteiger partial charge in [-0.2, -0.15) is 0 Å². The largest absolute Gasteiger partial charge is 0.355 e. The van der Waals surface area contributed by atoms with Gasteiger partial charge in [0, 0.05) is 26.2 Å². The van der Waals surface area contributed by atoms with Gasteiger partial charge in [-0.3, -0.25) is 9.59 Å². The third-order valence-electron chi connectivity index (χ3n) is 3.51. The standard InChI is InChI=1S/C15H20ClN3O2/c1-3-18-14(20)13-9-17-6-7-19(13)15(21)11-5-4-10(2)8-12(11)16/h4-5,8,13,17H,3,6-7,9H2,1-2H3,(H,18,20). The Morgan fingerprint density at radius 1 is 1.48 bits per heavy atom. The first-order valence-electron chi connectivity index (χ1n) is 7.10. The van der Waals surface area contributed by atoms with Crippen LogP contribution in [0.15, 0.2) is 18.2 Å². The van der Waals surface area contributed by atoms with E-state index in [1.807, 2.05) is 19.9 Å². The van der Waals surface area contributed by atoms with Crippen molar-refractivity contribution in [3.05, 3.63) is 34.3 Å². The number of piperazine rings is 1. The Balaban J connectivity index is 2.24. The monoisotopic (exact) mass is 309 g/mol. The van der Waals surface area contributed by atoms with Crippen LogP contribution in [0.2, 0.25) is 5.02 Å². The summed E-state index contributed by atoms with van der Waals surface area (Å²) >= 11 is 6.17. The zero-order valence-electron chi connectivity index (χ0n) is 12.3. The van der Waals surface area contributed by atoms with Gasteiger partial charge < -0.3 is 15.5 Å². The summed E-state index contributed by atoms with van der Waals surface area (Å²) in [5.74, 6) is -0.334. The molecule has 0 aliphatic carbocycles. The number of nitrogens with zero attached hydrogens (tertiary/aromatic N) is 1. The van der Waals surface area contributed by atoms with E-state index < -0.39 is 6.04 Å². The summed E-state index contributed by atoms with van der Waals surface area (Å²) in [5.41, 5.74) is 1.44. The van der Waals surface area contributed by atoms with Gasteiger partial charge in [0.2, 0.25) is 5.91 Å². The molecule has 2 rings (SSSR count). The first-order valence-corrected chi connectivity index (χ1v) is 7.48. The number of carbonyl (C=O) groups is 2. The van der Waals surface area contributed by atoms with Crippen molar-refractivity contribution in [2.45, 2.75) is 19.9 Å². The molecule has 1 heterocycles. The average Bonchev–Trinajstić information content (AvgIpc) is 2.47. The molecule has 1 unspecified atom stereocenters. The molecule has 1 aliphatic heterocycles. The molecular weight excluding hydrogens is 290 g/mol.